The zero-order valence-corrected chi connectivity index (χ0v) is 12.2. The van der Waals surface area contributed by atoms with Gasteiger partial charge in [0.1, 0.15) is 5.15 Å². The Kier molecular flexibility index (Phi) is 5.28. The van der Waals surface area contributed by atoms with Crippen LogP contribution in [-0.4, -0.2) is 11.1 Å². The van der Waals surface area contributed by atoms with E-state index in [-0.39, 0.29) is 0 Å². The Hall–Kier alpha value is -0.310. The van der Waals surface area contributed by atoms with Gasteiger partial charge < -0.3 is 4.74 Å². The van der Waals surface area contributed by atoms with Crippen LogP contribution < -0.4 is 0 Å². The summed E-state index contributed by atoms with van der Waals surface area (Å²) in [4.78, 5) is 4.22. The second kappa shape index (κ2) is 6.74. The fraction of sp³-hybridized carbons (Fsp3) is 0.643. The highest BCUT2D eigenvalue weighted by atomic mass is 35.5. The lowest BCUT2D eigenvalue weighted by molar-refractivity contribution is -0.0234. The van der Waals surface area contributed by atoms with Crippen LogP contribution in [0.1, 0.15) is 44.7 Å². The summed E-state index contributed by atoms with van der Waals surface area (Å²) in [7, 11) is 0. The fourth-order valence-electron chi connectivity index (χ4n) is 2.60. The highest BCUT2D eigenvalue weighted by molar-refractivity contribution is 6.32. The van der Waals surface area contributed by atoms with Crippen molar-refractivity contribution in [3.63, 3.8) is 0 Å². The molecule has 1 saturated carbocycles. The lowest BCUT2D eigenvalue weighted by Gasteiger charge is -2.30. The molecule has 0 amide bonds. The van der Waals surface area contributed by atoms with Gasteiger partial charge in [0.25, 0.3) is 0 Å². The molecule has 2 nitrogen and oxygen atoms in total. The van der Waals surface area contributed by atoms with Gasteiger partial charge in [-0.15, -0.1) is 0 Å². The average molecular weight is 288 g/mol. The van der Waals surface area contributed by atoms with Gasteiger partial charge in [-0.1, -0.05) is 49.4 Å². The number of hydrogen-bond acceptors (Lipinski definition) is 2. The van der Waals surface area contributed by atoms with Crippen molar-refractivity contribution >= 4 is 23.2 Å². The Bertz CT molecular complexity index is 397. The second-order valence-electron chi connectivity index (χ2n) is 4.86. The predicted octanol–water partition coefficient (Wildman–Crippen LogP) is 4.87. The van der Waals surface area contributed by atoms with E-state index in [0.29, 0.717) is 28.8 Å². The Morgan fingerprint density at radius 1 is 1.28 bits per heavy atom. The SMILES string of the molecule is CCC1CCCCC1OCc1nc(Cl)ccc1Cl. The summed E-state index contributed by atoms with van der Waals surface area (Å²) in [6.07, 6.45) is 6.54. The molecule has 2 unspecified atom stereocenters. The molecule has 18 heavy (non-hydrogen) atoms. The number of hydrogen-bond donors (Lipinski definition) is 0. The molecule has 1 aromatic heterocycles. The summed E-state index contributed by atoms with van der Waals surface area (Å²) in [6, 6.07) is 3.47. The molecular weight excluding hydrogens is 269 g/mol. The minimum atomic E-state index is 0.348. The first kappa shape index (κ1) is 14.1. The lowest BCUT2D eigenvalue weighted by Crippen LogP contribution is -2.27. The van der Waals surface area contributed by atoms with Gasteiger partial charge in [0.15, 0.2) is 0 Å². The highest BCUT2D eigenvalue weighted by Crippen LogP contribution is 2.30. The minimum absolute atomic E-state index is 0.348. The largest absolute Gasteiger partial charge is 0.372 e. The fourth-order valence-corrected chi connectivity index (χ4v) is 2.93. The predicted molar refractivity (Wildman–Crippen MR) is 75.1 cm³/mol. The molecule has 1 heterocycles. The van der Waals surface area contributed by atoms with Crippen molar-refractivity contribution in [1.82, 2.24) is 4.98 Å². The van der Waals surface area contributed by atoms with Crippen molar-refractivity contribution in [2.45, 2.75) is 51.7 Å². The minimum Gasteiger partial charge on any atom is -0.372 e. The van der Waals surface area contributed by atoms with Gasteiger partial charge in [0, 0.05) is 0 Å². The van der Waals surface area contributed by atoms with E-state index in [2.05, 4.69) is 11.9 Å². The second-order valence-corrected chi connectivity index (χ2v) is 5.66. The number of halogens is 2. The van der Waals surface area contributed by atoms with Crippen LogP contribution in [0.15, 0.2) is 12.1 Å². The number of aromatic nitrogens is 1. The van der Waals surface area contributed by atoms with Crippen molar-refractivity contribution in [1.29, 1.82) is 0 Å². The zero-order chi connectivity index (χ0) is 13.0. The Balaban J connectivity index is 1.95. The molecule has 1 fully saturated rings. The van der Waals surface area contributed by atoms with Crippen LogP contribution in [0.5, 0.6) is 0 Å². The molecule has 0 aliphatic heterocycles. The molecule has 1 aromatic rings. The van der Waals surface area contributed by atoms with Gasteiger partial charge in [0.2, 0.25) is 0 Å². The smallest absolute Gasteiger partial charge is 0.129 e. The summed E-state index contributed by atoms with van der Waals surface area (Å²) < 4.78 is 6.00. The third-order valence-corrected chi connectivity index (χ3v) is 4.24. The Morgan fingerprint density at radius 3 is 2.83 bits per heavy atom. The van der Waals surface area contributed by atoms with E-state index >= 15 is 0 Å². The monoisotopic (exact) mass is 287 g/mol. The van der Waals surface area contributed by atoms with Crippen molar-refractivity contribution < 1.29 is 4.74 Å². The molecule has 0 N–H and O–H groups in total. The summed E-state index contributed by atoms with van der Waals surface area (Å²) in [6.45, 7) is 2.69. The van der Waals surface area contributed by atoms with Crippen LogP contribution in [0.4, 0.5) is 0 Å². The van der Waals surface area contributed by atoms with E-state index in [1.807, 2.05) is 0 Å². The third kappa shape index (κ3) is 3.59. The molecular formula is C14H19Cl2NO. The molecule has 2 rings (SSSR count). The molecule has 1 aliphatic carbocycles. The molecule has 2 atom stereocenters. The lowest BCUT2D eigenvalue weighted by atomic mass is 9.85. The molecule has 0 bridgehead atoms. The number of nitrogens with zero attached hydrogens (tertiary/aromatic N) is 1. The van der Waals surface area contributed by atoms with Gasteiger partial charge >= 0.3 is 0 Å². The summed E-state index contributed by atoms with van der Waals surface area (Å²) in [5.41, 5.74) is 0.740. The number of pyridine rings is 1. The van der Waals surface area contributed by atoms with Crippen LogP contribution in [0.25, 0.3) is 0 Å². The van der Waals surface area contributed by atoms with Crippen molar-refractivity contribution in [3.8, 4) is 0 Å². The maximum Gasteiger partial charge on any atom is 0.129 e. The molecule has 1 aliphatic rings. The molecule has 0 radical (unpaired) electrons. The van der Waals surface area contributed by atoms with Gasteiger partial charge in [-0.2, -0.15) is 0 Å². The zero-order valence-electron chi connectivity index (χ0n) is 10.7. The van der Waals surface area contributed by atoms with Crippen LogP contribution >= 0.6 is 23.2 Å². The topological polar surface area (TPSA) is 22.1 Å². The van der Waals surface area contributed by atoms with Crippen molar-refractivity contribution in [2.24, 2.45) is 5.92 Å². The van der Waals surface area contributed by atoms with Gasteiger partial charge in [0.05, 0.1) is 23.4 Å². The maximum atomic E-state index is 6.08. The van der Waals surface area contributed by atoms with Crippen LogP contribution in [0, 0.1) is 5.92 Å². The van der Waals surface area contributed by atoms with E-state index in [1.165, 1.54) is 25.7 Å². The normalized spacial score (nSPS) is 24.2. The number of rotatable bonds is 4. The van der Waals surface area contributed by atoms with E-state index in [9.17, 15) is 0 Å². The summed E-state index contributed by atoms with van der Waals surface area (Å²) in [5, 5.41) is 1.09. The van der Waals surface area contributed by atoms with E-state index in [1.54, 1.807) is 12.1 Å². The first-order valence-electron chi connectivity index (χ1n) is 6.63. The summed E-state index contributed by atoms with van der Waals surface area (Å²) in [5.74, 6) is 0.678. The standard InChI is InChI=1S/C14H19Cl2NO/c1-2-10-5-3-4-6-13(10)18-9-12-11(15)7-8-14(16)17-12/h7-8,10,13H,2-6,9H2,1H3. The van der Waals surface area contributed by atoms with Gasteiger partial charge in [-0.25, -0.2) is 4.98 Å². The third-order valence-electron chi connectivity index (χ3n) is 3.68. The van der Waals surface area contributed by atoms with Gasteiger partial charge in [-0.05, 0) is 30.9 Å². The first-order chi connectivity index (χ1) is 8.70. The van der Waals surface area contributed by atoms with Gasteiger partial charge in [-0.3, -0.25) is 0 Å². The maximum absolute atomic E-state index is 6.08. The average Bonchev–Trinajstić information content (AvgIpc) is 2.40. The molecule has 100 valence electrons. The van der Waals surface area contributed by atoms with Crippen LogP contribution in [-0.2, 0) is 11.3 Å². The summed E-state index contributed by atoms with van der Waals surface area (Å²) >= 11 is 12.0. The highest BCUT2D eigenvalue weighted by Gasteiger charge is 2.24. The molecule has 0 spiro atoms. The Labute approximate surface area is 119 Å². The van der Waals surface area contributed by atoms with E-state index < -0.39 is 0 Å². The van der Waals surface area contributed by atoms with Crippen molar-refractivity contribution in [2.75, 3.05) is 0 Å². The molecule has 0 saturated heterocycles. The first-order valence-corrected chi connectivity index (χ1v) is 7.38. The quantitative estimate of drug-likeness (QED) is 0.737. The molecule has 4 heteroatoms. The molecule has 0 aromatic carbocycles. The van der Waals surface area contributed by atoms with E-state index in [0.717, 1.165) is 12.1 Å². The van der Waals surface area contributed by atoms with E-state index in [4.69, 9.17) is 27.9 Å². The van der Waals surface area contributed by atoms with Crippen LogP contribution in [0.2, 0.25) is 10.2 Å². The Morgan fingerprint density at radius 2 is 2.06 bits per heavy atom. The van der Waals surface area contributed by atoms with Crippen molar-refractivity contribution in [3.05, 3.63) is 28.0 Å². The number of ether oxygens (including phenoxy) is 1. The van der Waals surface area contributed by atoms with Crippen LogP contribution in [0.3, 0.4) is 0 Å².